The molecule has 3 heterocycles. The third kappa shape index (κ3) is 4.36. The molecule has 0 atom stereocenters. The lowest BCUT2D eigenvalue weighted by Gasteiger charge is -2.21. The van der Waals surface area contributed by atoms with Crippen molar-refractivity contribution in [2.45, 2.75) is 70.6 Å². The Morgan fingerprint density at radius 3 is 2.75 bits per heavy atom. The highest BCUT2D eigenvalue weighted by atomic mass is 28.3. The Bertz CT molecular complexity index is 920. The van der Waals surface area contributed by atoms with E-state index in [1.165, 1.54) is 38.1 Å². The summed E-state index contributed by atoms with van der Waals surface area (Å²) in [6.07, 6.45) is 14.2. The molecule has 1 saturated carbocycles. The quantitative estimate of drug-likeness (QED) is 0.410. The number of hydrogen-bond acceptors (Lipinski definition) is 4. The monoisotopic (exact) mass is 397 g/mol. The van der Waals surface area contributed by atoms with Crippen molar-refractivity contribution >= 4 is 19.1 Å². The lowest BCUT2D eigenvalue weighted by molar-refractivity contribution is 0.0899. The Hall–Kier alpha value is -1.99. The maximum absolute atomic E-state index is 5.91. The number of ether oxygens (including phenoxy) is 1. The van der Waals surface area contributed by atoms with Crippen molar-refractivity contribution in [2.75, 3.05) is 6.61 Å². The van der Waals surface area contributed by atoms with E-state index in [4.69, 9.17) is 4.74 Å². The average Bonchev–Trinajstić information content (AvgIpc) is 3.33. The maximum Gasteiger partial charge on any atom is 0.145 e. The van der Waals surface area contributed by atoms with E-state index in [1.54, 1.807) is 6.33 Å². The smallest absolute Gasteiger partial charge is 0.145 e. The van der Waals surface area contributed by atoms with Gasteiger partial charge in [-0.3, -0.25) is 4.68 Å². The Labute approximate surface area is 168 Å². The Morgan fingerprint density at radius 1 is 1.14 bits per heavy atom. The van der Waals surface area contributed by atoms with Gasteiger partial charge in [-0.2, -0.15) is 5.10 Å². The van der Waals surface area contributed by atoms with Gasteiger partial charge in [0.05, 0.1) is 17.9 Å². The summed E-state index contributed by atoms with van der Waals surface area (Å²) in [5, 5.41) is 5.70. The summed E-state index contributed by atoms with van der Waals surface area (Å²) in [7, 11) is -1.07. The molecule has 1 aliphatic rings. The SMILES string of the molecule is C[Si](C)(C)CCOCn1ccc2c(-c3cnn(C4CCCCC4)c3)ncnc21. The van der Waals surface area contributed by atoms with Crippen LogP contribution in [0.3, 0.4) is 0 Å². The van der Waals surface area contributed by atoms with Gasteiger partial charge in [0, 0.05) is 38.0 Å². The molecule has 0 bridgehead atoms. The normalized spacial score (nSPS) is 16.1. The molecule has 3 aromatic heterocycles. The van der Waals surface area contributed by atoms with E-state index < -0.39 is 8.07 Å². The van der Waals surface area contributed by atoms with E-state index in [1.807, 2.05) is 12.4 Å². The zero-order valence-electron chi connectivity index (χ0n) is 17.3. The van der Waals surface area contributed by atoms with Gasteiger partial charge in [0.1, 0.15) is 18.7 Å². The molecule has 3 aromatic rings. The first-order chi connectivity index (χ1) is 13.5. The summed E-state index contributed by atoms with van der Waals surface area (Å²) >= 11 is 0. The molecule has 0 aliphatic heterocycles. The van der Waals surface area contributed by atoms with Gasteiger partial charge >= 0.3 is 0 Å². The Kier molecular flexibility index (Phi) is 5.64. The highest BCUT2D eigenvalue weighted by molar-refractivity contribution is 6.76. The summed E-state index contributed by atoms with van der Waals surface area (Å²) in [4.78, 5) is 9.07. The first-order valence-corrected chi connectivity index (χ1v) is 14.1. The number of aromatic nitrogens is 5. The van der Waals surface area contributed by atoms with E-state index in [9.17, 15) is 0 Å². The minimum atomic E-state index is -1.07. The summed E-state index contributed by atoms with van der Waals surface area (Å²) in [6, 6.07) is 3.79. The topological polar surface area (TPSA) is 57.8 Å². The van der Waals surface area contributed by atoms with Crippen LogP contribution in [0, 0.1) is 0 Å². The van der Waals surface area contributed by atoms with Crippen molar-refractivity contribution in [1.29, 1.82) is 0 Å². The van der Waals surface area contributed by atoms with Crippen molar-refractivity contribution in [3.05, 3.63) is 31.0 Å². The van der Waals surface area contributed by atoms with Crippen LogP contribution in [0.5, 0.6) is 0 Å². The van der Waals surface area contributed by atoms with Gasteiger partial charge in [0.15, 0.2) is 0 Å². The molecule has 28 heavy (non-hydrogen) atoms. The Balaban J connectivity index is 1.51. The van der Waals surface area contributed by atoms with Crippen LogP contribution in [0.15, 0.2) is 31.0 Å². The van der Waals surface area contributed by atoms with Crippen LogP contribution < -0.4 is 0 Å². The van der Waals surface area contributed by atoms with Crippen LogP contribution in [0.25, 0.3) is 22.3 Å². The van der Waals surface area contributed by atoms with Crippen molar-refractivity contribution in [3.8, 4) is 11.3 Å². The zero-order chi connectivity index (χ0) is 19.6. The van der Waals surface area contributed by atoms with Crippen LogP contribution in [0.4, 0.5) is 0 Å². The molecule has 1 fully saturated rings. The molecular weight excluding hydrogens is 366 g/mol. The molecule has 0 radical (unpaired) electrons. The molecule has 0 unspecified atom stereocenters. The van der Waals surface area contributed by atoms with Crippen LogP contribution >= 0.6 is 0 Å². The van der Waals surface area contributed by atoms with Crippen LogP contribution in [0.2, 0.25) is 25.7 Å². The molecule has 7 heteroatoms. The molecule has 0 amide bonds. The van der Waals surface area contributed by atoms with Gasteiger partial charge < -0.3 is 9.30 Å². The molecular formula is C21H31N5OSi. The molecule has 4 rings (SSSR count). The van der Waals surface area contributed by atoms with Crippen molar-refractivity contribution < 1.29 is 4.74 Å². The predicted molar refractivity (Wildman–Crippen MR) is 115 cm³/mol. The lowest BCUT2D eigenvalue weighted by Crippen LogP contribution is -2.22. The fourth-order valence-electron chi connectivity index (χ4n) is 3.88. The number of rotatable bonds is 7. The second-order valence-corrected chi connectivity index (χ2v) is 14.7. The number of nitrogens with zero attached hydrogens (tertiary/aromatic N) is 5. The highest BCUT2D eigenvalue weighted by Gasteiger charge is 2.18. The second kappa shape index (κ2) is 8.17. The molecule has 6 nitrogen and oxygen atoms in total. The molecule has 0 aromatic carbocycles. The predicted octanol–water partition coefficient (Wildman–Crippen LogP) is 5.11. The molecule has 1 aliphatic carbocycles. The molecule has 150 valence electrons. The van der Waals surface area contributed by atoms with Gasteiger partial charge in [0.25, 0.3) is 0 Å². The lowest BCUT2D eigenvalue weighted by atomic mass is 9.96. The van der Waals surface area contributed by atoms with E-state index in [2.05, 4.69) is 56.2 Å². The zero-order valence-corrected chi connectivity index (χ0v) is 18.3. The maximum atomic E-state index is 5.91. The number of fused-ring (bicyclic) bond motifs is 1. The fourth-order valence-corrected chi connectivity index (χ4v) is 4.64. The average molecular weight is 398 g/mol. The molecule has 0 spiro atoms. The standard InChI is InChI=1S/C21H31N5OSi/c1-28(2,3)12-11-27-16-25-10-9-19-20(22-15-23-21(19)25)17-13-24-26(14-17)18-7-5-4-6-8-18/h9-10,13-15,18H,4-8,11-12,16H2,1-3H3. The first kappa shape index (κ1) is 19.3. The first-order valence-electron chi connectivity index (χ1n) is 10.4. The molecule has 0 saturated heterocycles. The van der Waals surface area contributed by atoms with Gasteiger partial charge in [0.2, 0.25) is 0 Å². The van der Waals surface area contributed by atoms with E-state index >= 15 is 0 Å². The second-order valence-electron chi connectivity index (χ2n) is 9.09. The summed E-state index contributed by atoms with van der Waals surface area (Å²) in [6.45, 7) is 8.45. The Morgan fingerprint density at radius 2 is 1.96 bits per heavy atom. The van der Waals surface area contributed by atoms with Gasteiger partial charge in [-0.25, -0.2) is 9.97 Å². The third-order valence-corrected chi connectivity index (χ3v) is 7.31. The third-order valence-electron chi connectivity index (χ3n) is 5.61. The van der Waals surface area contributed by atoms with Crippen LogP contribution in [-0.2, 0) is 11.5 Å². The largest absolute Gasteiger partial charge is 0.361 e. The van der Waals surface area contributed by atoms with Crippen LogP contribution in [-0.4, -0.2) is 39.0 Å². The van der Waals surface area contributed by atoms with Crippen molar-refractivity contribution in [1.82, 2.24) is 24.3 Å². The number of hydrogen-bond donors (Lipinski definition) is 0. The minimum absolute atomic E-state index is 0.532. The van der Waals surface area contributed by atoms with Crippen molar-refractivity contribution in [3.63, 3.8) is 0 Å². The fraction of sp³-hybridized carbons (Fsp3) is 0.571. The molecule has 0 N–H and O–H groups in total. The van der Waals surface area contributed by atoms with Crippen molar-refractivity contribution in [2.24, 2.45) is 0 Å². The minimum Gasteiger partial charge on any atom is -0.361 e. The summed E-state index contributed by atoms with van der Waals surface area (Å²) in [5.74, 6) is 0. The van der Waals surface area contributed by atoms with E-state index in [-0.39, 0.29) is 0 Å². The van der Waals surface area contributed by atoms with Gasteiger partial charge in [-0.1, -0.05) is 38.9 Å². The van der Waals surface area contributed by atoms with Crippen LogP contribution in [0.1, 0.15) is 38.1 Å². The summed E-state index contributed by atoms with van der Waals surface area (Å²) in [5.41, 5.74) is 2.94. The van der Waals surface area contributed by atoms with E-state index in [0.29, 0.717) is 12.8 Å². The van der Waals surface area contributed by atoms with E-state index in [0.717, 1.165) is 28.9 Å². The van der Waals surface area contributed by atoms with Gasteiger partial charge in [-0.05, 0) is 25.0 Å². The summed E-state index contributed by atoms with van der Waals surface area (Å²) < 4.78 is 10.1. The highest BCUT2D eigenvalue weighted by Crippen LogP contribution is 2.30. The van der Waals surface area contributed by atoms with Gasteiger partial charge in [-0.15, -0.1) is 0 Å².